The number of aromatic nitrogens is 2. The molecule has 0 saturated heterocycles. The predicted octanol–water partition coefficient (Wildman–Crippen LogP) is 2.23. The fourth-order valence-electron chi connectivity index (χ4n) is 2.99. The van der Waals surface area contributed by atoms with Crippen LogP contribution in [0.5, 0.6) is 0 Å². The van der Waals surface area contributed by atoms with E-state index in [2.05, 4.69) is 20.7 Å². The Morgan fingerprint density at radius 3 is 2.20 bits per heavy atom. The number of para-hydroxylation sites is 1. The molecule has 3 aromatic rings. The molecule has 2 N–H and O–H groups in total. The Labute approximate surface area is 177 Å². The van der Waals surface area contributed by atoms with Crippen LogP contribution in [-0.4, -0.2) is 50.6 Å². The number of hydrogen-bond donors (Lipinski definition) is 2. The van der Waals surface area contributed by atoms with Gasteiger partial charge in [-0.15, -0.1) is 0 Å². The van der Waals surface area contributed by atoms with Gasteiger partial charge in [0.05, 0.1) is 16.8 Å². The van der Waals surface area contributed by atoms with Gasteiger partial charge in [-0.2, -0.15) is 5.10 Å². The summed E-state index contributed by atoms with van der Waals surface area (Å²) in [5, 5.41) is 11.0. The first-order valence-electron chi connectivity index (χ1n) is 9.78. The van der Waals surface area contributed by atoms with Gasteiger partial charge in [0, 0.05) is 32.6 Å². The molecule has 8 heteroatoms. The molecule has 1 heterocycles. The molecule has 0 spiro atoms. The highest BCUT2D eigenvalue weighted by Crippen LogP contribution is 2.10. The van der Waals surface area contributed by atoms with Gasteiger partial charge < -0.3 is 10.6 Å². The average molecular weight is 426 g/mol. The lowest BCUT2D eigenvalue weighted by Crippen LogP contribution is -2.39. The summed E-state index contributed by atoms with van der Waals surface area (Å²) in [7, 11) is -1.42. The monoisotopic (exact) mass is 425 g/mol. The van der Waals surface area contributed by atoms with Crippen LogP contribution in [-0.2, 0) is 22.7 Å². The molecule has 0 aliphatic rings. The Balaban J connectivity index is 1.41. The zero-order chi connectivity index (χ0) is 21.4. The van der Waals surface area contributed by atoms with Crippen molar-refractivity contribution in [3.05, 3.63) is 78.1 Å². The highest BCUT2D eigenvalue weighted by atomic mass is 32.2. The second-order valence-electron chi connectivity index (χ2n) is 6.97. The van der Waals surface area contributed by atoms with Crippen LogP contribution in [0.25, 0.3) is 5.69 Å². The summed E-state index contributed by atoms with van der Waals surface area (Å²) >= 11 is 0. The molecule has 7 nitrogen and oxygen atoms in total. The van der Waals surface area contributed by atoms with E-state index in [1.807, 2.05) is 59.5 Å². The van der Waals surface area contributed by atoms with E-state index in [1.165, 1.54) is 6.26 Å². The number of benzene rings is 2. The molecular formula is C22H27N5O2S. The molecule has 2 aromatic carbocycles. The van der Waals surface area contributed by atoms with Gasteiger partial charge in [-0.05, 0) is 48.2 Å². The molecule has 0 aliphatic carbocycles. The Kier molecular flexibility index (Phi) is 7.24. The Morgan fingerprint density at radius 2 is 1.60 bits per heavy atom. The fourth-order valence-corrected chi connectivity index (χ4v) is 3.62. The normalized spacial score (nSPS) is 12.0. The maximum Gasteiger partial charge on any atom is 0.190 e. The van der Waals surface area contributed by atoms with Gasteiger partial charge >= 0.3 is 0 Å². The maximum absolute atomic E-state index is 11.5. The lowest BCUT2D eigenvalue weighted by Gasteiger charge is -2.11. The maximum atomic E-state index is 11.5. The summed E-state index contributed by atoms with van der Waals surface area (Å²) in [4.78, 5) is 4.58. The van der Waals surface area contributed by atoms with Crippen LogP contribution in [0, 0.1) is 0 Å². The van der Waals surface area contributed by atoms with Crippen LogP contribution >= 0.6 is 0 Å². The van der Waals surface area contributed by atoms with Crippen molar-refractivity contribution in [2.45, 2.75) is 17.7 Å². The molecule has 0 fully saturated rings. The summed E-state index contributed by atoms with van der Waals surface area (Å²) < 4.78 is 24.9. The Bertz CT molecular complexity index is 1070. The lowest BCUT2D eigenvalue weighted by atomic mass is 10.1. The van der Waals surface area contributed by atoms with E-state index < -0.39 is 9.84 Å². The van der Waals surface area contributed by atoms with Gasteiger partial charge in [-0.25, -0.2) is 13.1 Å². The molecule has 0 unspecified atom stereocenters. The molecule has 30 heavy (non-hydrogen) atoms. The van der Waals surface area contributed by atoms with Gasteiger partial charge in [0.25, 0.3) is 0 Å². The minimum absolute atomic E-state index is 0.340. The Morgan fingerprint density at radius 1 is 0.967 bits per heavy atom. The molecule has 0 bridgehead atoms. The third-order valence-electron chi connectivity index (χ3n) is 4.64. The van der Waals surface area contributed by atoms with Gasteiger partial charge in [0.15, 0.2) is 15.8 Å². The number of nitrogens with zero attached hydrogens (tertiary/aromatic N) is 3. The van der Waals surface area contributed by atoms with Crippen molar-refractivity contribution in [2.24, 2.45) is 4.99 Å². The highest BCUT2D eigenvalue weighted by Gasteiger charge is 2.06. The number of rotatable bonds is 8. The van der Waals surface area contributed by atoms with Crippen molar-refractivity contribution < 1.29 is 8.42 Å². The molecule has 0 atom stereocenters. The van der Waals surface area contributed by atoms with Crippen molar-refractivity contribution in [3.8, 4) is 5.69 Å². The zero-order valence-electron chi connectivity index (χ0n) is 17.2. The minimum atomic E-state index is -3.16. The molecule has 1 aromatic heterocycles. The van der Waals surface area contributed by atoms with Crippen molar-refractivity contribution in [2.75, 3.05) is 26.4 Å². The summed E-state index contributed by atoms with van der Waals surface area (Å²) in [5.74, 6) is 0.734. The largest absolute Gasteiger partial charge is 0.356 e. The number of sulfone groups is 1. The highest BCUT2D eigenvalue weighted by molar-refractivity contribution is 7.90. The quantitative estimate of drug-likeness (QED) is 0.427. The summed E-state index contributed by atoms with van der Waals surface area (Å²) in [5.41, 5.74) is 3.25. The molecule has 0 amide bonds. The molecule has 0 aliphatic heterocycles. The second kappa shape index (κ2) is 10.1. The van der Waals surface area contributed by atoms with Crippen LogP contribution in [0.4, 0.5) is 0 Å². The first-order valence-corrected chi connectivity index (χ1v) is 11.7. The van der Waals surface area contributed by atoms with Crippen molar-refractivity contribution in [1.29, 1.82) is 0 Å². The SMILES string of the molecule is CN=C(NCCc1ccc(S(C)(=O)=O)cc1)NCCc1cnn(-c2ccccc2)c1. The van der Waals surface area contributed by atoms with E-state index in [9.17, 15) is 8.42 Å². The van der Waals surface area contributed by atoms with E-state index in [-0.39, 0.29) is 0 Å². The third-order valence-corrected chi connectivity index (χ3v) is 5.77. The molecule has 0 saturated carbocycles. The van der Waals surface area contributed by atoms with Crippen LogP contribution in [0.2, 0.25) is 0 Å². The fraction of sp³-hybridized carbons (Fsp3) is 0.273. The van der Waals surface area contributed by atoms with Crippen LogP contribution in [0.1, 0.15) is 11.1 Å². The smallest absolute Gasteiger partial charge is 0.190 e. The van der Waals surface area contributed by atoms with Gasteiger partial charge in [-0.1, -0.05) is 30.3 Å². The van der Waals surface area contributed by atoms with E-state index in [4.69, 9.17) is 0 Å². The van der Waals surface area contributed by atoms with E-state index >= 15 is 0 Å². The molecular weight excluding hydrogens is 398 g/mol. The van der Waals surface area contributed by atoms with E-state index in [1.54, 1.807) is 19.2 Å². The lowest BCUT2D eigenvalue weighted by molar-refractivity contribution is 0.602. The van der Waals surface area contributed by atoms with Crippen LogP contribution in [0.15, 0.2) is 76.9 Å². The van der Waals surface area contributed by atoms with E-state index in [0.717, 1.165) is 42.2 Å². The number of aliphatic imine (C=N–C) groups is 1. The molecule has 3 rings (SSSR count). The van der Waals surface area contributed by atoms with Crippen LogP contribution < -0.4 is 10.6 Å². The van der Waals surface area contributed by atoms with Gasteiger partial charge in [0.1, 0.15) is 0 Å². The first-order chi connectivity index (χ1) is 14.5. The summed E-state index contributed by atoms with van der Waals surface area (Å²) in [6.45, 7) is 1.44. The van der Waals surface area contributed by atoms with Crippen molar-refractivity contribution >= 4 is 15.8 Å². The standard InChI is InChI=1S/C22H27N5O2S/c1-23-22(24-14-12-18-8-10-21(11-9-18)30(2,28)29)25-15-13-19-16-26-27(17-19)20-6-4-3-5-7-20/h3-11,16-17H,12-15H2,1-2H3,(H2,23,24,25). The number of nitrogens with one attached hydrogen (secondary N) is 2. The molecule has 158 valence electrons. The van der Waals surface area contributed by atoms with Crippen LogP contribution in [0.3, 0.4) is 0 Å². The zero-order valence-corrected chi connectivity index (χ0v) is 18.1. The van der Waals surface area contributed by atoms with Crippen molar-refractivity contribution in [3.63, 3.8) is 0 Å². The van der Waals surface area contributed by atoms with Gasteiger partial charge in [-0.3, -0.25) is 4.99 Å². The predicted molar refractivity (Wildman–Crippen MR) is 120 cm³/mol. The van der Waals surface area contributed by atoms with E-state index in [0.29, 0.717) is 11.4 Å². The average Bonchev–Trinajstić information content (AvgIpc) is 3.22. The van der Waals surface area contributed by atoms with Crippen molar-refractivity contribution in [1.82, 2.24) is 20.4 Å². The topological polar surface area (TPSA) is 88.4 Å². The first kappa shape index (κ1) is 21.6. The number of hydrogen-bond acceptors (Lipinski definition) is 4. The second-order valence-corrected chi connectivity index (χ2v) is 8.99. The summed E-state index contributed by atoms with van der Waals surface area (Å²) in [6, 6.07) is 17.0. The summed E-state index contributed by atoms with van der Waals surface area (Å²) in [6.07, 6.45) is 6.74. The number of guanidine groups is 1. The Hall–Kier alpha value is -3.13. The third kappa shape index (κ3) is 6.18. The molecule has 0 radical (unpaired) electrons. The minimum Gasteiger partial charge on any atom is -0.356 e. The van der Waals surface area contributed by atoms with Gasteiger partial charge in [0.2, 0.25) is 0 Å².